The van der Waals surface area contributed by atoms with Gasteiger partial charge in [0.15, 0.2) is 0 Å². The van der Waals surface area contributed by atoms with Gasteiger partial charge in [0.25, 0.3) is 5.69 Å². The summed E-state index contributed by atoms with van der Waals surface area (Å²) in [5, 5.41) is 19.5. The number of ether oxygens (including phenoxy) is 1. The number of non-ortho nitro benzene ring substituents is 1. The highest BCUT2D eigenvalue weighted by Crippen LogP contribution is 2.28. The van der Waals surface area contributed by atoms with Gasteiger partial charge >= 0.3 is 0 Å². The molecule has 0 aliphatic carbocycles. The van der Waals surface area contributed by atoms with Crippen LogP contribution in [-0.2, 0) is 0 Å². The lowest BCUT2D eigenvalue weighted by Crippen LogP contribution is -2.34. The van der Waals surface area contributed by atoms with Crippen LogP contribution in [0.3, 0.4) is 0 Å². The molecule has 1 rings (SSSR count). The van der Waals surface area contributed by atoms with Crippen molar-refractivity contribution in [1.29, 1.82) is 5.26 Å². The first kappa shape index (κ1) is 15.2. The predicted molar refractivity (Wildman–Crippen MR) is 71.0 cm³/mol. The molecule has 0 saturated carbocycles. The molecule has 0 spiro atoms. The van der Waals surface area contributed by atoms with Gasteiger partial charge in [0.2, 0.25) is 0 Å². The van der Waals surface area contributed by atoms with Crippen LogP contribution in [0, 0.1) is 21.4 Å². The van der Waals surface area contributed by atoms with E-state index in [1.54, 1.807) is 6.92 Å². The topological polar surface area (TPSA) is 102 Å². The summed E-state index contributed by atoms with van der Waals surface area (Å²) in [6.07, 6.45) is 1.09. The fourth-order valence-corrected chi connectivity index (χ4v) is 1.63. The van der Waals surface area contributed by atoms with Crippen molar-refractivity contribution in [2.45, 2.75) is 25.3 Å². The monoisotopic (exact) mass is 283 g/mol. The van der Waals surface area contributed by atoms with Crippen LogP contribution < -0.4 is 10.5 Å². The van der Waals surface area contributed by atoms with Crippen LogP contribution in [0.5, 0.6) is 5.75 Å². The standard InChI is InChI=1S/C12H14ClN3O3/c1-12(15,8-14)5-2-6-19-11-4-3-9(16(17)18)7-10(11)13/h3-4,7H,2,5-6,15H2,1H3. The second-order valence-corrected chi connectivity index (χ2v) is 4.76. The van der Waals surface area contributed by atoms with Crippen LogP contribution in [0.4, 0.5) is 5.69 Å². The molecule has 1 unspecified atom stereocenters. The van der Waals surface area contributed by atoms with E-state index in [2.05, 4.69) is 0 Å². The van der Waals surface area contributed by atoms with Crippen molar-refractivity contribution in [2.75, 3.05) is 6.61 Å². The van der Waals surface area contributed by atoms with E-state index in [1.165, 1.54) is 18.2 Å². The van der Waals surface area contributed by atoms with Gasteiger partial charge in [-0.05, 0) is 25.8 Å². The van der Waals surface area contributed by atoms with Crippen molar-refractivity contribution in [2.24, 2.45) is 5.73 Å². The Balaban J connectivity index is 2.51. The van der Waals surface area contributed by atoms with Gasteiger partial charge in [-0.15, -0.1) is 0 Å². The molecule has 1 aromatic carbocycles. The fourth-order valence-electron chi connectivity index (χ4n) is 1.40. The Kier molecular flexibility index (Phi) is 5.10. The van der Waals surface area contributed by atoms with Crippen LogP contribution in [0.25, 0.3) is 0 Å². The Morgan fingerprint density at radius 3 is 2.84 bits per heavy atom. The van der Waals surface area contributed by atoms with Crippen molar-refractivity contribution in [3.8, 4) is 11.8 Å². The molecule has 1 atom stereocenters. The zero-order valence-electron chi connectivity index (χ0n) is 10.4. The van der Waals surface area contributed by atoms with E-state index in [4.69, 9.17) is 27.3 Å². The largest absolute Gasteiger partial charge is 0.492 e. The summed E-state index contributed by atoms with van der Waals surface area (Å²) in [6, 6.07) is 6.00. The molecular weight excluding hydrogens is 270 g/mol. The first-order valence-electron chi connectivity index (χ1n) is 5.62. The lowest BCUT2D eigenvalue weighted by molar-refractivity contribution is -0.384. The molecule has 0 aliphatic rings. The lowest BCUT2D eigenvalue weighted by Gasteiger charge is -2.15. The van der Waals surface area contributed by atoms with Gasteiger partial charge in [0.05, 0.1) is 22.6 Å². The summed E-state index contributed by atoms with van der Waals surface area (Å²) in [4.78, 5) is 10.0. The first-order valence-corrected chi connectivity index (χ1v) is 6.00. The Labute approximate surface area is 115 Å². The maximum absolute atomic E-state index is 10.5. The summed E-state index contributed by atoms with van der Waals surface area (Å²) in [6.45, 7) is 1.98. The Hall–Kier alpha value is -1.84. The minimum absolute atomic E-state index is 0.0867. The SMILES string of the molecule is CC(N)(C#N)CCCOc1ccc([N+](=O)[O-])cc1Cl. The molecule has 0 aromatic heterocycles. The maximum atomic E-state index is 10.5. The molecule has 0 fully saturated rings. The molecule has 2 N–H and O–H groups in total. The number of rotatable bonds is 6. The molecule has 0 heterocycles. The van der Waals surface area contributed by atoms with Gasteiger partial charge in [0, 0.05) is 12.1 Å². The highest BCUT2D eigenvalue weighted by molar-refractivity contribution is 6.32. The molecular formula is C12H14ClN3O3. The van der Waals surface area contributed by atoms with Gasteiger partial charge in [-0.3, -0.25) is 10.1 Å². The summed E-state index contributed by atoms with van der Waals surface area (Å²) in [5.41, 5.74) is 4.70. The van der Waals surface area contributed by atoms with Gasteiger partial charge < -0.3 is 10.5 Å². The third kappa shape index (κ3) is 4.73. The highest BCUT2D eigenvalue weighted by Gasteiger charge is 2.16. The smallest absolute Gasteiger partial charge is 0.271 e. The molecule has 0 bridgehead atoms. The third-order valence-electron chi connectivity index (χ3n) is 2.48. The van der Waals surface area contributed by atoms with Crippen LogP contribution in [0.1, 0.15) is 19.8 Å². The number of halogens is 1. The van der Waals surface area contributed by atoms with Crippen molar-refractivity contribution < 1.29 is 9.66 Å². The summed E-state index contributed by atoms with van der Waals surface area (Å²) >= 11 is 5.86. The average molecular weight is 284 g/mol. The van der Waals surface area contributed by atoms with E-state index in [0.717, 1.165) is 0 Å². The number of nitro benzene ring substituents is 1. The van der Waals surface area contributed by atoms with E-state index in [-0.39, 0.29) is 10.7 Å². The summed E-state index contributed by atoms with van der Waals surface area (Å²) in [7, 11) is 0. The molecule has 0 aliphatic heterocycles. The second kappa shape index (κ2) is 6.36. The van der Waals surface area contributed by atoms with Crippen LogP contribution in [0.2, 0.25) is 5.02 Å². The highest BCUT2D eigenvalue weighted by atomic mass is 35.5. The average Bonchev–Trinajstić information content (AvgIpc) is 2.36. The number of hydrogen-bond donors (Lipinski definition) is 1. The van der Waals surface area contributed by atoms with E-state index in [0.29, 0.717) is 25.2 Å². The molecule has 19 heavy (non-hydrogen) atoms. The van der Waals surface area contributed by atoms with Gasteiger partial charge in [-0.25, -0.2) is 0 Å². The quantitative estimate of drug-likeness (QED) is 0.491. The second-order valence-electron chi connectivity index (χ2n) is 4.35. The molecule has 102 valence electrons. The van der Waals surface area contributed by atoms with Crippen LogP contribution in [0.15, 0.2) is 18.2 Å². The molecule has 7 heteroatoms. The number of benzene rings is 1. The Morgan fingerprint density at radius 1 is 1.63 bits per heavy atom. The van der Waals surface area contributed by atoms with E-state index < -0.39 is 10.5 Å². The third-order valence-corrected chi connectivity index (χ3v) is 2.78. The van der Waals surface area contributed by atoms with Crippen molar-refractivity contribution in [3.63, 3.8) is 0 Å². The van der Waals surface area contributed by atoms with Gasteiger partial charge in [0.1, 0.15) is 11.3 Å². The summed E-state index contributed by atoms with van der Waals surface area (Å²) in [5.74, 6) is 0.378. The predicted octanol–water partition coefficient (Wildman–Crippen LogP) is 2.65. The number of nitrogens with zero attached hydrogens (tertiary/aromatic N) is 2. The lowest BCUT2D eigenvalue weighted by atomic mass is 10.00. The van der Waals surface area contributed by atoms with E-state index in [9.17, 15) is 10.1 Å². The minimum Gasteiger partial charge on any atom is -0.492 e. The van der Waals surface area contributed by atoms with Crippen LogP contribution in [-0.4, -0.2) is 17.1 Å². The summed E-state index contributed by atoms with van der Waals surface area (Å²) < 4.78 is 5.39. The van der Waals surface area contributed by atoms with Crippen molar-refractivity contribution in [1.82, 2.24) is 0 Å². The normalized spacial score (nSPS) is 13.4. The minimum atomic E-state index is -0.872. The van der Waals surface area contributed by atoms with Crippen LogP contribution >= 0.6 is 11.6 Å². The van der Waals surface area contributed by atoms with Crippen molar-refractivity contribution in [3.05, 3.63) is 33.3 Å². The number of nitro groups is 1. The number of hydrogen-bond acceptors (Lipinski definition) is 5. The molecule has 0 amide bonds. The zero-order chi connectivity index (χ0) is 14.5. The number of nitriles is 1. The molecule has 0 saturated heterocycles. The number of nitrogens with two attached hydrogens (primary N) is 1. The molecule has 1 aromatic rings. The van der Waals surface area contributed by atoms with E-state index in [1.807, 2.05) is 6.07 Å². The molecule has 0 radical (unpaired) electrons. The fraction of sp³-hybridized carbons (Fsp3) is 0.417. The van der Waals surface area contributed by atoms with Gasteiger partial charge in [-0.1, -0.05) is 11.6 Å². The van der Waals surface area contributed by atoms with E-state index >= 15 is 0 Å². The Bertz CT molecular complexity index is 511. The zero-order valence-corrected chi connectivity index (χ0v) is 11.2. The molecule has 6 nitrogen and oxygen atoms in total. The Morgan fingerprint density at radius 2 is 2.32 bits per heavy atom. The van der Waals surface area contributed by atoms with Gasteiger partial charge in [-0.2, -0.15) is 5.26 Å². The maximum Gasteiger partial charge on any atom is 0.271 e. The van der Waals surface area contributed by atoms with Crippen molar-refractivity contribution >= 4 is 17.3 Å². The first-order chi connectivity index (χ1) is 8.85.